The van der Waals surface area contributed by atoms with Crippen LogP contribution in [0.3, 0.4) is 0 Å². The van der Waals surface area contributed by atoms with Gasteiger partial charge >= 0.3 is 0 Å². The fourth-order valence-corrected chi connectivity index (χ4v) is 3.85. The number of aromatic nitrogens is 3. The van der Waals surface area contributed by atoms with Gasteiger partial charge in [-0.05, 0) is 36.5 Å². The zero-order chi connectivity index (χ0) is 17.9. The topological polar surface area (TPSA) is 40.1 Å². The Kier molecular flexibility index (Phi) is 5.06. The van der Waals surface area contributed by atoms with Gasteiger partial charge in [-0.15, -0.1) is 0 Å². The van der Waals surface area contributed by atoms with E-state index in [1.165, 1.54) is 0 Å². The van der Waals surface area contributed by atoms with Crippen molar-refractivity contribution < 1.29 is 0 Å². The highest BCUT2D eigenvalue weighted by atomic mass is 35.5. The molecule has 0 amide bonds. The Morgan fingerprint density at radius 1 is 0.962 bits per heavy atom. The number of hydrogen-bond acceptors (Lipinski definition) is 4. The minimum absolute atomic E-state index is 0.626. The lowest BCUT2D eigenvalue weighted by molar-refractivity contribution is 0.242. The van der Waals surface area contributed by atoms with Gasteiger partial charge in [0.1, 0.15) is 5.82 Å². The smallest absolute Gasteiger partial charge is 0.199 e. The summed E-state index contributed by atoms with van der Waals surface area (Å²) < 4.78 is 2.64. The van der Waals surface area contributed by atoms with Crippen molar-refractivity contribution in [3.05, 3.63) is 70.2 Å². The maximum Gasteiger partial charge on any atom is 0.199 e. The number of piperazine rings is 1. The van der Waals surface area contributed by atoms with Crippen LogP contribution in [-0.2, 0) is 6.54 Å². The van der Waals surface area contributed by atoms with Gasteiger partial charge in [0.2, 0.25) is 0 Å². The maximum atomic E-state index is 6.33. The standard InChI is InChI=1S/C19H20ClN5S/c20-16-8-4-5-9-17(16)24-12-10-23(11-13-24)14-18-21-22-19(26)25(18)15-6-2-1-3-7-15/h1-9H,10-14H2,(H,22,26). The first-order valence-electron chi connectivity index (χ1n) is 8.66. The number of H-pyrrole nitrogens is 1. The fraction of sp³-hybridized carbons (Fsp3) is 0.263. The lowest BCUT2D eigenvalue weighted by atomic mass is 10.2. The fourth-order valence-electron chi connectivity index (χ4n) is 3.33. The van der Waals surface area contributed by atoms with Crippen LogP contribution in [0.2, 0.25) is 5.02 Å². The first-order valence-corrected chi connectivity index (χ1v) is 9.44. The highest BCUT2D eigenvalue weighted by molar-refractivity contribution is 7.71. The number of benzene rings is 2. The molecule has 1 fully saturated rings. The van der Waals surface area contributed by atoms with Crippen molar-refractivity contribution in [1.82, 2.24) is 19.7 Å². The molecule has 1 saturated heterocycles. The van der Waals surface area contributed by atoms with E-state index in [1.54, 1.807) is 0 Å². The summed E-state index contributed by atoms with van der Waals surface area (Å²) in [5, 5.41) is 8.19. The Morgan fingerprint density at radius 3 is 2.38 bits per heavy atom. The van der Waals surface area contributed by atoms with E-state index in [0.29, 0.717) is 4.77 Å². The molecule has 0 atom stereocenters. The second kappa shape index (κ2) is 7.61. The lowest BCUT2D eigenvalue weighted by Crippen LogP contribution is -2.46. The van der Waals surface area contributed by atoms with E-state index in [-0.39, 0.29) is 0 Å². The normalized spacial score (nSPS) is 15.3. The molecule has 1 aliphatic rings. The van der Waals surface area contributed by atoms with Crippen molar-refractivity contribution in [2.75, 3.05) is 31.1 Å². The summed E-state index contributed by atoms with van der Waals surface area (Å²) in [6, 6.07) is 18.1. The Bertz CT molecular complexity index is 928. The number of anilines is 1. The van der Waals surface area contributed by atoms with Gasteiger partial charge in [-0.2, -0.15) is 5.10 Å². The van der Waals surface area contributed by atoms with Gasteiger partial charge in [0.15, 0.2) is 4.77 Å². The molecule has 1 N–H and O–H groups in total. The molecule has 0 spiro atoms. The van der Waals surface area contributed by atoms with E-state index in [0.717, 1.165) is 54.9 Å². The van der Waals surface area contributed by atoms with Crippen molar-refractivity contribution in [3.63, 3.8) is 0 Å². The van der Waals surface area contributed by atoms with Gasteiger partial charge in [-0.25, -0.2) is 0 Å². The maximum absolute atomic E-state index is 6.33. The van der Waals surface area contributed by atoms with E-state index in [2.05, 4.69) is 26.1 Å². The lowest BCUT2D eigenvalue weighted by Gasteiger charge is -2.36. The third-order valence-electron chi connectivity index (χ3n) is 4.69. The second-order valence-corrected chi connectivity index (χ2v) is 7.12. The van der Waals surface area contributed by atoms with E-state index in [4.69, 9.17) is 23.8 Å². The Labute approximate surface area is 162 Å². The van der Waals surface area contributed by atoms with Crippen molar-refractivity contribution in [1.29, 1.82) is 0 Å². The number of rotatable bonds is 4. The van der Waals surface area contributed by atoms with Crippen LogP contribution >= 0.6 is 23.8 Å². The molecule has 4 rings (SSSR count). The first kappa shape index (κ1) is 17.3. The van der Waals surface area contributed by atoms with Crippen LogP contribution in [0.15, 0.2) is 54.6 Å². The van der Waals surface area contributed by atoms with Crippen molar-refractivity contribution in [2.24, 2.45) is 0 Å². The molecular weight excluding hydrogens is 366 g/mol. The number of nitrogens with zero attached hydrogens (tertiary/aromatic N) is 4. The predicted octanol–water partition coefficient (Wildman–Crippen LogP) is 3.91. The summed E-state index contributed by atoms with van der Waals surface area (Å²) in [6.45, 7) is 4.57. The van der Waals surface area contributed by atoms with Crippen molar-refractivity contribution in [3.8, 4) is 5.69 Å². The van der Waals surface area contributed by atoms with Crippen LogP contribution in [-0.4, -0.2) is 45.8 Å². The van der Waals surface area contributed by atoms with Crippen molar-refractivity contribution in [2.45, 2.75) is 6.54 Å². The van der Waals surface area contributed by atoms with Crippen LogP contribution in [0.5, 0.6) is 0 Å². The molecule has 2 aromatic carbocycles. The number of nitrogens with one attached hydrogen (secondary N) is 1. The third kappa shape index (κ3) is 3.53. The number of aromatic amines is 1. The highest BCUT2D eigenvalue weighted by Gasteiger charge is 2.20. The summed E-state index contributed by atoms with van der Waals surface area (Å²) >= 11 is 11.8. The molecule has 134 valence electrons. The Morgan fingerprint density at radius 2 is 1.65 bits per heavy atom. The molecule has 0 unspecified atom stereocenters. The van der Waals surface area contributed by atoms with Crippen LogP contribution in [0.1, 0.15) is 5.82 Å². The largest absolute Gasteiger partial charge is 0.368 e. The molecule has 26 heavy (non-hydrogen) atoms. The molecule has 1 aliphatic heterocycles. The summed E-state index contributed by atoms with van der Waals surface area (Å²) in [6.07, 6.45) is 0. The van der Waals surface area contributed by atoms with Gasteiger partial charge in [0.25, 0.3) is 0 Å². The van der Waals surface area contributed by atoms with E-state index in [1.807, 2.05) is 53.1 Å². The molecule has 3 aromatic rings. The van der Waals surface area contributed by atoms with Crippen molar-refractivity contribution >= 4 is 29.5 Å². The van der Waals surface area contributed by atoms with Gasteiger partial charge in [-0.1, -0.05) is 41.9 Å². The van der Waals surface area contributed by atoms with Gasteiger partial charge in [-0.3, -0.25) is 14.6 Å². The Balaban J connectivity index is 1.46. The zero-order valence-corrected chi connectivity index (χ0v) is 15.9. The number of para-hydroxylation sites is 2. The highest BCUT2D eigenvalue weighted by Crippen LogP contribution is 2.26. The molecule has 1 aromatic heterocycles. The molecule has 5 nitrogen and oxygen atoms in total. The molecule has 0 aliphatic carbocycles. The van der Waals surface area contributed by atoms with Gasteiger partial charge < -0.3 is 4.90 Å². The number of halogens is 1. The minimum Gasteiger partial charge on any atom is -0.368 e. The molecule has 2 heterocycles. The minimum atomic E-state index is 0.626. The first-order chi connectivity index (χ1) is 12.7. The predicted molar refractivity (Wildman–Crippen MR) is 108 cm³/mol. The second-order valence-electron chi connectivity index (χ2n) is 6.33. The summed E-state index contributed by atoms with van der Waals surface area (Å²) in [5.41, 5.74) is 2.15. The van der Waals surface area contributed by atoms with Crippen LogP contribution in [0, 0.1) is 4.77 Å². The summed E-state index contributed by atoms with van der Waals surface area (Å²) in [7, 11) is 0. The molecular formula is C19H20ClN5S. The zero-order valence-electron chi connectivity index (χ0n) is 14.3. The molecule has 0 bridgehead atoms. The molecule has 0 radical (unpaired) electrons. The van der Waals surface area contributed by atoms with E-state index < -0.39 is 0 Å². The van der Waals surface area contributed by atoms with E-state index in [9.17, 15) is 0 Å². The Hall–Kier alpha value is -2.15. The van der Waals surface area contributed by atoms with Crippen LogP contribution in [0.4, 0.5) is 5.69 Å². The van der Waals surface area contributed by atoms with Gasteiger partial charge in [0.05, 0.1) is 17.3 Å². The average Bonchev–Trinajstić information content (AvgIpc) is 3.04. The van der Waals surface area contributed by atoms with Crippen LogP contribution < -0.4 is 4.90 Å². The number of hydrogen-bond donors (Lipinski definition) is 1. The summed E-state index contributed by atoms with van der Waals surface area (Å²) in [4.78, 5) is 4.74. The molecule has 0 saturated carbocycles. The SMILES string of the molecule is S=c1[nH]nc(CN2CCN(c3ccccc3Cl)CC2)n1-c1ccccc1. The third-order valence-corrected chi connectivity index (χ3v) is 5.28. The average molecular weight is 386 g/mol. The van der Waals surface area contributed by atoms with Gasteiger partial charge in [0, 0.05) is 31.9 Å². The quantitative estimate of drug-likeness (QED) is 0.691. The monoisotopic (exact) mass is 385 g/mol. The summed E-state index contributed by atoms with van der Waals surface area (Å²) in [5.74, 6) is 0.937. The van der Waals surface area contributed by atoms with E-state index >= 15 is 0 Å². The van der Waals surface area contributed by atoms with Crippen LogP contribution in [0.25, 0.3) is 5.69 Å². The molecule has 7 heteroatoms.